The molecule has 0 spiro atoms. The van der Waals surface area contributed by atoms with Crippen molar-refractivity contribution in [1.82, 2.24) is 19.9 Å². The van der Waals surface area contributed by atoms with Crippen molar-refractivity contribution >= 4 is 21.6 Å². The maximum Gasteiger partial charge on any atom is 0.203 e. The molecule has 0 amide bonds. The van der Waals surface area contributed by atoms with Crippen molar-refractivity contribution in [1.29, 1.82) is 0 Å². The number of benzene rings is 4. The Labute approximate surface area is 319 Å². The van der Waals surface area contributed by atoms with E-state index in [2.05, 4.69) is 45.3 Å². The number of hydrogen-bond donors (Lipinski definition) is 0. The molecule has 2 aromatic heterocycles. The molecule has 0 saturated carbocycles. The molecule has 0 aliphatic carbocycles. The normalized spacial score (nSPS) is 13.6. The summed E-state index contributed by atoms with van der Waals surface area (Å²) in [5.41, 5.74) is 4.41. The molecular weight excluding hydrogens is 705 g/mol. The minimum atomic E-state index is 0.518. The average Bonchev–Trinajstić information content (AvgIpc) is 3.90. The van der Waals surface area contributed by atoms with Gasteiger partial charge in [-0.3, -0.25) is 0 Å². The highest BCUT2D eigenvalue weighted by Gasteiger charge is 2.19. The minimum Gasteiger partial charge on any atom is -0.494 e. The maximum atomic E-state index is 6.24. The number of thiazole rings is 1. The number of piperazine rings is 1. The summed E-state index contributed by atoms with van der Waals surface area (Å²) >= 11 is 1.72. The second kappa shape index (κ2) is 17.7. The van der Waals surface area contributed by atoms with Crippen LogP contribution in [0.1, 0.15) is 12.8 Å². The standard InChI is InChI=1S/C42H46N4O7S/c1-47-35-16-13-30(36-28-34(44-53-36)31-26-38(48-2)41(50-4)39(27-31)49-3)25-37(35)52-24-8-18-46-21-19-45(20-22-46)17-7-23-51-32-14-11-29(12-15-32)42-43-33-9-5-6-10-40(33)54-42/h5-6,9-16,25-28H,7-8,17-24H2,1-4H3. The third kappa shape index (κ3) is 8.73. The summed E-state index contributed by atoms with van der Waals surface area (Å²) in [6, 6.07) is 27.8. The van der Waals surface area contributed by atoms with E-state index in [1.54, 1.807) is 39.8 Å². The zero-order chi connectivity index (χ0) is 37.3. The van der Waals surface area contributed by atoms with Crippen LogP contribution in [0.4, 0.5) is 0 Å². The predicted octanol–water partition coefficient (Wildman–Crippen LogP) is 8.18. The summed E-state index contributed by atoms with van der Waals surface area (Å²) < 4.78 is 41.3. The van der Waals surface area contributed by atoms with E-state index in [4.69, 9.17) is 37.9 Å². The Bertz CT molecular complexity index is 2070. The van der Waals surface area contributed by atoms with Crippen LogP contribution in [0.25, 0.3) is 43.4 Å². The summed E-state index contributed by atoms with van der Waals surface area (Å²) in [5.74, 6) is 4.43. The van der Waals surface area contributed by atoms with Crippen molar-refractivity contribution in [3.63, 3.8) is 0 Å². The molecule has 0 bridgehead atoms. The van der Waals surface area contributed by atoms with Crippen LogP contribution in [0.5, 0.6) is 34.5 Å². The summed E-state index contributed by atoms with van der Waals surface area (Å²) in [7, 11) is 6.39. The second-order valence-corrected chi connectivity index (χ2v) is 14.0. The lowest BCUT2D eigenvalue weighted by atomic mass is 10.1. The Kier molecular flexibility index (Phi) is 12.1. The summed E-state index contributed by atoms with van der Waals surface area (Å²) in [6.45, 7) is 7.50. The maximum absolute atomic E-state index is 6.24. The lowest BCUT2D eigenvalue weighted by molar-refractivity contribution is 0.120. The monoisotopic (exact) mass is 750 g/mol. The highest BCUT2D eigenvalue weighted by Crippen LogP contribution is 2.42. The Hall–Kier alpha value is -5.30. The number of para-hydroxylation sites is 1. The van der Waals surface area contributed by atoms with E-state index in [-0.39, 0.29) is 0 Å². The molecule has 1 saturated heterocycles. The van der Waals surface area contributed by atoms with Gasteiger partial charge in [0.1, 0.15) is 16.5 Å². The number of nitrogens with zero attached hydrogens (tertiary/aromatic N) is 4. The van der Waals surface area contributed by atoms with Crippen LogP contribution in [0.3, 0.4) is 0 Å². The number of fused-ring (bicyclic) bond motifs is 1. The van der Waals surface area contributed by atoms with Gasteiger partial charge >= 0.3 is 0 Å². The van der Waals surface area contributed by atoms with Gasteiger partial charge in [0.2, 0.25) is 5.75 Å². The van der Waals surface area contributed by atoms with Gasteiger partial charge in [0.15, 0.2) is 28.8 Å². The fourth-order valence-electron chi connectivity index (χ4n) is 6.59. The molecule has 0 atom stereocenters. The molecule has 1 aliphatic heterocycles. The molecule has 7 rings (SSSR count). The van der Waals surface area contributed by atoms with Gasteiger partial charge in [-0.05, 0) is 79.6 Å². The van der Waals surface area contributed by atoms with Crippen molar-refractivity contribution in [2.45, 2.75) is 12.8 Å². The lowest BCUT2D eigenvalue weighted by Crippen LogP contribution is -2.47. The Morgan fingerprint density at radius 2 is 1.26 bits per heavy atom. The first-order chi connectivity index (χ1) is 26.5. The van der Waals surface area contributed by atoms with Crippen molar-refractivity contribution in [3.05, 3.63) is 84.9 Å². The summed E-state index contributed by atoms with van der Waals surface area (Å²) in [6.07, 6.45) is 1.90. The highest BCUT2D eigenvalue weighted by atomic mass is 32.1. The molecule has 11 nitrogen and oxygen atoms in total. The van der Waals surface area contributed by atoms with Crippen molar-refractivity contribution in [2.75, 3.05) is 80.9 Å². The van der Waals surface area contributed by atoms with Crippen molar-refractivity contribution in [2.24, 2.45) is 0 Å². The van der Waals surface area contributed by atoms with Crippen molar-refractivity contribution < 1.29 is 32.9 Å². The van der Waals surface area contributed by atoms with Crippen LogP contribution in [-0.2, 0) is 0 Å². The molecule has 0 radical (unpaired) electrons. The number of hydrogen-bond acceptors (Lipinski definition) is 12. The molecule has 6 aromatic rings. The zero-order valence-electron chi connectivity index (χ0n) is 31.2. The molecule has 0 N–H and O–H groups in total. The summed E-state index contributed by atoms with van der Waals surface area (Å²) in [4.78, 5) is 9.80. The molecule has 282 valence electrons. The largest absolute Gasteiger partial charge is 0.494 e. The van der Waals surface area contributed by atoms with Gasteiger partial charge in [0.25, 0.3) is 0 Å². The third-order valence-electron chi connectivity index (χ3n) is 9.54. The average molecular weight is 751 g/mol. The van der Waals surface area contributed by atoms with Gasteiger partial charge < -0.3 is 42.7 Å². The van der Waals surface area contributed by atoms with Crippen LogP contribution in [0.15, 0.2) is 89.5 Å². The van der Waals surface area contributed by atoms with Gasteiger partial charge in [-0.1, -0.05) is 17.3 Å². The second-order valence-electron chi connectivity index (χ2n) is 13.0. The van der Waals surface area contributed by atoms with Crippen LogP contribution < -0.4 is 28.4 Å². The molecule has 12 heteroatoms. The zero-order valence-corrected chi connectivity index (χ0v) is 32.0. The first-order valence-electron chi connectivity index (χ1n) is 18.2. The van der Waals surface area contributed by atoms with Crippen LogP contribution in [-0.4, -0.2) is 101 Å². The van der Waals surface area contributed by atoms with Crippen LogP contribution in [0, 0.1) is 0 Å². The van der Waals surface area contributed by atoms with Gasteiger partial charge in [-0.15, -0.1) is 11.3 Å². The van der Waals surface area contributed by atoms with E-state index < -0.39 is 0 Å². The first-order valence-corrected chi connectivity index (χ1v) is 19.0. The molecule has 3 heterocycles. The molecule has 1 fully saturated rings. The quantitative estimate of drug-likeness (QED) is 0.0844. The van der Waals surface area contributed by atoms with E-state index in [9.17, 15) is 0 Å². The fraction of sp³-hybridized carbons (Fsp3) is 0.333. The highest BCUT2D eigenvalue weighted by molar-refractivity contribution is 7.21. The van der Waals surface area contributed by atoms with Gasteiger partial charge in [-0.2, -0.15) is 0 Å². The number of aromatic nitrogens is 2. The SMILES string of the molecule is COc1ccc(-c2cc(-c3cc(OC)c(OC)c(OC)c3)no2)cc1OCCCN1CCN(CCCOc2ccc(-c3nc4ccccc4s3)cc2)CC1. The topological polar surface area (TPSA) is 101 Å². The smallest absolute Gasteiger partial charge is 0.203 e. The fourth-order valence-corrected chi connectivity index (χ4v) is 7.56. The minimum absolute atomic E-state index is 0.518. The van der Waals surface area contributed by atoms with E-state index in [0.29, 0.717) is 53.4 Å². The molecule has 0 unspecified atom stereocenters. The number of ether oxygens (including phenoxy) is 6. The Morgan fingerprint density at radius 1 is 0.630 bits per heavy atom. The van der Waals surface area contributed by atoms with E-state index in [1.807, 2.05) is 54.6 Å². The van der Waals surface area contributed by atoms with Crippen LogP contribution >= 0.6 is 11.3 Å². The summed E-state index contributed by atoms with van der Waals surface area (Å²) in [5, 5.41) is 5.34. The van der Waals surface area contributed by atoms with Gasteiger partial charge in [-0.25, -0.2) is 4.98 Å². The third-order valence-corrected chi connectivity index (χ3v) is 10.6. The van der Waals surface area contributed by atoms with E-state index in [0.717, 1.165) is 85.1 Å². The molecular formula is C42H46N4O7S. The lowest BCUT2D eigenvalue weighted by Gasteiger charge is -2.34. The van der Waals surface area contributed by atoms with E-state index in [1.165, 1.54) is 4.70 Å². The predicted molar refractivity (Wildman–Crippen MR) is 212 cm³/mol. The van der Waals surface area contributed by atoms with Crippen LogP contribution in [0.2, 0.25) is 0 Å². The number of methoxy groups -OCH3 is 4. The Balaban J connectivity index is 0.827. The van der Waals surface area contributed by atoms with Gasteiger partial charge in [0, 0.05) is 62.0 Å². The van der Waals surface area contributed by atoms with Crippen molar-refractivity contribution in [3.8, 4) is 67.6 Å². The van der Waals surface area contributed by atoms with E-state index >= 15 is 0 Å². The number of rotatable bonds is 17. The molecule has 4 aromatic carbocycles. The van der Waals surface area contributed by atoms with Gasteiger partial charge in [0.05, 0.1) is 51.9 Å². The molecule has 1 aliphatic rings. The molecule has 54 heavy (non-hydrogen) atoms. The Morgan fingerprint density at radius 3 is 1.91 bits per heavy atom. The first kappa shape index (κ1) is 37.0.